The number of anilines is 1. The minimum atomic E-state index is -0.790. The Morgan fingerprint density at radius 2 is 2.12 bits per heavy atom. The highest BCUT2D eigenvalue weighted by Crippen LogP contribution is 2.44. The molecular formula is C27H36N4O3. The van der Waals surface area contributed by atoms with Gasteiger partial charge in [-0.25, -0.2) is 4.98 Å². The molecule has 2 aliphatic heterocycles. The topological polar surface area (TPSA) is 87.6 Å². The van der Waals surface area contributed by atoms with Crippen molar-refractivity contribution in [2.45, 2.75) is 75.9 Å². The van der Waals surface area contributed by atoms with Crippen molar-refractivity contribution in [3.63, 3.8) is 0 Å². The third-order valence-electron chi connectivity index (χ3n) is 7.36. The van der Waals surface area contributed by atoms with Gasteiger partial charge in [0, 0.05) is 49.9 Å². The number of aliphatic carboxylic acids is 1. The molecule has 2 aromatic rings. The molecule has 4 heterocycles. The Hall–Kier alpha value is -2.51. The van der Waals surface area contributed by atoms with E-state index in [1.54, 1.807) is 12.4 Å². The van der Waals surface area contributed by atoms with Crippen molar-refractivity contribution in [2.75, 3.05) is 31.6 Å². The first-order valence-electron chi connectivity index (χ1n) is 12.9. The van der Waals surface area contributed by atoms with Gasteiger partial charge in [0.2, 0.25) is 0 Å². The van der Waals surface area contributed by atoms with E-state index < -0.39 is 12.0 Å². The normalized spacial score (nSPS) is 21.1. The average molecular weight is 465 g/mol. The zero-order valence-electron chi connectivity index (χ0n) is 19.9. The molecule has 34 heavy (non-hydrogen) atoms. The number of nitrogens with zero attached hydrogens (tertiary/aromatic N) is 3. The van der Waals surface area contributed by atoms with Gasteiger partial charge < -0.3 is 15.2 Å². The summed E-state index contributed by atoms with van der Waals surface area (Å²) in [6, 6.07) is 5.77. The predicted molar refractivity (Wildman–Crippen MR) is 131 cm³/mol. The lowest BCUT2D eigenvalue weighted by Gasteiger charge is -2.26. The van der Waals surface area contributed by atoms with Crippen molar-refractivity contribution in [1.29, 1.82) is 0 Å². The first kappa shape index (κ1) is 23.2. The van der Waals surface area contributed by atoms with Gasteiger partial charge in [-0.2, -0.15) is 0 Å². The molecule has 2 N–H and O–H groups in total. The summed E-state index contributed by atoms with van der Waals surface area (Å²) in [4.78, 5) is 23.3. The highest BCUT2D eigenvalue weighted by Gasteiger charge is 2.37. The largest absolute Gasteiger partial charge is 0.480 e. The number of unbranched alkanes of at least 4 members (excludes halogenated alkanes) is 2. The number of carboxylic acid groups (broad SMARTS) is 1. The van der Waals surface area contributed by atoms with E-state index >= 15 is 0 Å². The standard InChI is InChI=1S/C27H36N4O3/c32-27(33)25(24-17-28-14-11-23(24)19-7-8-19)31-15-12-22(18-31)34-16-3-1-2-6-21-10-9-20-5-4-13-29-26(20)30-21/h9-11,14,17,19,22,25H,1-8,12-13,15-16,18H2,(H,29,30)(H,32,33)/t22-,25?/m1/s1. The van der Waals surface area contributed by atoms with Gasteiger partial charge in [-0.15, -0.1) is 0 Å². The van der Waals surface area contributed by atoms with Crippen LogP contribution in [0.1, 0.15) is 79.3 Å². The van der Waals surface area contributed by atoms with Crippen LogP contribution in [0.2, 0.25) is 0 Å². The van der Waals surface area contributed by atoms with Crippen LogP contribution in [0.15, 0.2) is 30.6 Å². The Balaban J connectivity index is 1.05. The molecule has 1 saturated carbocycles. The molecule has 1 unspecified atom stereocenters. The van der Waals surface area contributed by atoms with Crippen LogP contribution in [0.25, 0.3) is 0 Å². The molecule has 5 rings (SSSR count). The molecule has 1 saturated heterocycles. The molecular weight excluding hydrogens is 428 g/mol. The van der Waals surface area contributed by atoms with Crippen molar-refractivity contribution >= 4 is 11.8 Å². The Kier molecular flexibility index (Phi) is 7.40. The van der Waals surface area contributed by atoms with Crippen LogP contribution in [0.5, 0.6) is 0 Å². The highest BCUT2D eigenvalue weighted by atomic mass is 16.5. The zero-order chi connectivity index (χ0) is 23.3. The van der Waals surface area contributed by atoms with Gasteiger partial charge in [0.25, 0.3) is 0 Å². The quantitative estimate of drug-likeness (QED) is 0.478. The molecule has 2 aromatic heterocycles. The molecule has 0 bridgehead atoms. The Bertz CT molecular complexity index is 994. The Morgan fingerprint density at radius 1 is 1.21 bits per heavy atom. The van der Waals surface area contributed by atoms with E-state index in [0.29, 0.717) is 12.5 Å². The molecule has 0 spiro atoms. The summed E-state index contributed by atoms with van der Waals surface area (Å²) in [6.45, 7) is 3.17. The van der Waals surface area contributed by atoms with Crippen LogP contribution < -0.4 is 5.32 Å². The number of hydrogen-bond donors (Lipinski definition) is 2. The highest BCUT2D eigenvalue weighted by molar-refractivity contribution is 5.76. The van der Waals surface area contributed by atoms with Crippen molar-refractivity contribution < 1.29 is 14.6 Å². The van der Waals surface area contributed by atoms with Gasteiger partial charge in [-0.05, 0) is 80.5 Å². The summed E-state index contributed by atoms with van der Waals surface area (Å²) < 4.78 is 6.14. The van der Waals surface area contributed by atoms with E-state index in [1.807, 2.05) is 6.07 Å². The summed E-state index contributed by atoms with van der Waals surface area (Å²) >= 11 is 0. The maximum atomic E-state index is 12.2. The predicted octanol–water partition coefficient (Wildman–Crippen LogP) is 4.34. The second-order valence-electron chi connectivity index (χ2n) is 9.95. The number of rotatable bonds is 11. The summed E-state index contributed by atoms with van der Waals surface area (Å²) in [5.41, 5.74) is 4.53. The van der Waals surface area contributed by atoms with Crippen LogP contribution in [-0.2, 0) is 22.4 Å². The van der Waals surface area contributed by atoms with Crippen LogP contribution in [0.3, 0.4) is 0 Å². The molecule has 2 fully saturated rings. The van der Waals surface area contributed by atoms with Crippen molar-refractivity contribution in [3.05, 3.63) is 53.0 Å². The van der Waals surface area contributed by atoms with Gasteiger partial charge in [-0.3, -0.25) is 14.7 Å². The molecule has 7 nitrogen and oxygen atoms in total. The fourth-order valence-electron chi connectivity index (χ4n) is 5.37. The molecule has 0 radical (unpaired) electrons. The second-order valence-corrected chi connectivity index (χ2v) is 9.95. The first-order chi connectivity index (χ1) is 16.7. The van der Waals surface area contributed by atoms with E-state index in [2.05, 4.69) is 27.3 Å². The summed E-state index contributed by atoms with van der Waals surface area (Å²) in [5.74, 6) is 0.789. The second kappa shape index (κ2) is 10.8. The van der Waals surface area contributed by atoms with Crippen LogP contribution in [0, 0.1) is 0 Å². The summed E-state index contributed by atoms with van der Waals surface area (Å²) in [5, 5.41) is 13.4. The fourth-order valence-corrected chi connectivity index (χ4v) is 5.37. The van der Waals surface area contributed by atoms with E-state index in [1.165, 1.54) is 17.7 Å². The van der Waals surface area contributed by atoms with Gasteiger partial charge >= 0.3 is 5.97 Å². The monoisotopic (exact) mass is 464 g/mol. The number of carboxylic acids is 1. The number of fused-ring (bicyclic) bond motifs is 1. The zero-order valence-corrected chi connectivity index (χ0v) is 19.9. The first-order valence-corrected chi connectivity index (χ1v) is 12.9. The number of nitrogens with one attached hydrogen (secondary N) is 1. The minimum Gasteiger partial charge on any atom is -0.480 e. The number of aryl methyl sites for hydroxylation is 2. The molecule has 3 aliphatic rings. The molecule has 0 aromatic carbocycles. The van der Waals surface area contributed by atoms with Gasteiger partial charge in [0.1, 0.15) is 11.9 Å². The van der Waals surface area contributed by atoms with E-state index in [9.17, 15) is 9.90 Å². The average Bonchev–Trinajstić information content (AvgIpc) is 3.60. The van der Waals surface area contributed by atoms with Crippen molar-refractivity contribution in [3.8, 4) is 0 Å². The third-order valence-corrected chi connectivity index (χ3v) is 7.36. The molecule has 7 heteroatoms. The van der Waals surface area contributed by atoms with Crippen molar-refractivity contribution in [2.24, 2.45) is 0 Å². The fraction of sp³-hybridized carbons (Fsp3) is 0.593. The SMILES string of the molecule is O=C(O)C(c1cnccc1C1CC1)N1CC[C@@H](OCCCCCc2ccc3c(n2)NCCC3)C1. The molecule has 0 amide bonds. The van der Waals surface area contributed by atoms with Crippen LogP contribution in [-0.4, -0.2) is 58.3 Å². The number of hydrogen-bond acceptors (Lipinski definition) is 6. The number of pyridine rings is 2. The van der Waals surface area contributed by atoms with E-state index in [-0.39, 0.29) is 6.10 Å². The Morgan fingerprint density at radius 3 is 2.97 bits per heavy atom. The number of carbonyl (C=O) groups is 1. The lowest BCUT2D eigenvalue weighted by molar-refractivity contribution is -0.143. The smallest absolute Gasteiger partial charge is 0.325 e. The maximum Gasteiger partial charge on any atom is 0.325 e. The van der Waals surface area contributed by atoms with E-state index in [4.69, 9.17) is 9.72 Å². The molecule has 182 valence electrons. The number of likely N-dealkylation sites (tertiary alicyclic amines) is 1. The Labute approximate surface area is 201 Å². The van der Waals surface area contributed by atoms with Crippen LogP contribution >= 0.6 is 0 Å². The number of aromatic nitrogens is 2. The molecule has 2 atom stereocenters. The van der Waals surface area contributed by atoms with Crippen LogP contribution in [0.4, 0.5) is 5.82 Å². The summed E-state index contributed by atoms with van der Waals surface area (Å²) in [7, 11) is 0. The van der Waals surface area contributed by atoms with Gasteiger partial charge in [0.15, 0.2) is 0 Å². The third kappa shape index (κ3) is 5.58. The van der Waals surface area contributed by atoms with Gasteiger partial charge in [0.05, 0.1) is 6.10 Å². The van der Waals surface area contributed by atoms with Crippen molar-refractivity contribution in [1.82, 2.24) is 14.9 Å². The minimum absolute atomic E-state index is 0.108. The van der Waals surface area contributed by atoms with Gasteiger partial charge in [-0.1, -0.05) is 12.5 Å². The number of ether oxygens (including phenoxy) is 1. The molecule has 1 aliphatic carbocycles. The lowest BCUT2D eigenvalue weighted by Crippen LogP contribution is -2.34. The lowest BCUT2D eigenvalue weighted by atomic mass is 9.98. The van der Waals surface area contributed by atoms with E-state index in [0.717, 1.165) is 88.0 Å². The maximum absolute atomic E-state index is 12.2. The summed E-state index contributed by atoms with van der Waals surface area (Å²) in [6.07, 6.45) is 13.4.